The van der Waals surface area contributed by atoms with Gasteiger partial charge in [0, 0.05) is 29.1 Å². The lowest BCUT2D eigenvalue weighted by Gasteiger charge is -2.33. The van der Waals surface area contributed by atoms with E-state index in [-0.39, 0.29) is 17.1 Å². The smallest absolute Gasteiger partial charge is 0.230 e. The van der Waals surface area contributed by atoms with Gasteiger partial charge in [-0.3, -0.25) is 4.68 Å². The highest BCUT2D eigenvalue weighted by molar-refractivity contribution is 7.91. The lowest BCUT2D eigenvalue weighted by Crippen LogP contribution is -2.37. The molecule has 0 radical (unpaired) electrons. The Balaban J connectivity index is 1.48. The third kappa shape index (κ3) is 3.91. The van der Waals surface area contributed by atoms with Gasteiger partial charge in [0.25, 0.3) is 0 Å². The Morgan fingerprint density at radius 2 is 1.71 bits per heavy atom. The minimum atomic E-state index is -3.09. The Labute approximate surface area is 201 Å². The van der Waals surface area contributed by atoms with Crippen LogP contribution in [0.1, 0.15) is 18.9 Å². The first-order valence-electron chi connectivity index (χ1n) is 11.2. The Morgan fingerprint density at radius 3 is 2.43 bits per heavy atom. The largest absolute Gasteiger partial charge is 0.438 e. The lowest BCUT2D eigenvalue weighted by atomic mass is 9.92. The molecule has 35 heavy (non-hydrogen) atoms. The molecule has 0 spiro atoms. The van der Waals surface area contributed by atoms with Crippen molar-refractivity contribution in [2.45, 2.75) is 24.1 Å². The van der Waals surface area contributed by atoms with Crippen molar-refractivity contribution in [3.63, 3.8) is 0 Å². The summed E-state index contributed by atoms with van der Waals surface area (Å²) in [4.78, 5) is 8.88. The van der Waals surface area contributed by atoms with E-state index in [0.717, 1.165) is 22.1 Å². The molecule has 1 aliphatic rings. The van der Waals surface area contributed by atoms with Crippen molar-refractivity contribution in [3.05, 3.63) is 79.0 Å². The molecule has 6 rings (SSSR count). The molecule has 9 heteroatoms. The standard InChI is InChI=1S/C26H21FN4O3S/c1-35(32,33)20-11-19(12-20)31-14-22(24(30-31)17-7-9-18(27)10-8-17)25-21-13-23(16-5-3-2-4-6-16)34-26(21)29-15-28-25/h2-10,13-15,19-20H,11-12H2,1H3/t19-,20+. The predicted molar refractivity (Wildman–Crippen MR) is 131 cm³/mol. The number of aromatic nitrogens is 4. The second-order valence-electron chi connectivity index (χ2n) is 8.87. The van der Waals surface area contributed by atoms with Crippen LogP contribution in [0.3, 0.4) is 0 Å². The molecular weight excluding hydrogens is 467 g/mol. The van der Waals surface area contributed by atoms with Crippen LogP contribution in [-0.4, -0.2) is 39.7 Å². The molecule has 0 saturated heterocycles. The number of fused-ring (bicyclic) bond motifs is 1. The van der Waals surface area contributed by atoms with Crippen molar-refractivity contribution in [3.8, 4) is 33.8 Å². The third-order valence-electron chi connectivity index (χ3n) is 6.54. The molecule has 3 heterocycles. The van der Waals surface area contributed by atoms with Gasteiger partial charge < -0.3 is 4.42 Å². The summed E-state index contributed by atoms with van der Waals surface area (Å²) < 4.78 is 45.3. The molecule has 1 aliphatic carbocycles. The van der Waals surface area contributed by atoms with Crippen LogP contribution < -0.4 is 0 Å². The predicted octanol–water partition coefficient (Wildman–Crippen LogP) is 5.31. The van der Waals surface area contributed by atoms with Gasteiger partial charge in [0.1, 0.15) is 33.4 Å². The van der Waals surface area contributed by atoms with E-state index < -0.39 is 9.84 Å². The molecule has 5 aromatic rings. The number of furan rings is 1. The molecule has 0 N–H and O–H groups in total. The maximum atomic E-state index is 13.6. The Bertz CT molecular complexity index is 1640. The molecule has 2 aromatic carbocycles. The summed E-state index contributed by atoms with van der Waals surface area (Å²) in [6.45, 7) is 0. The van der Waals surface area contributed by atoms with E-state index in [4.69, 9.17) is 9.52 Å². The van der Waals surface area contributed by atoms with Gasteiger partial charge in [-0.1, -0.05) is 30.3 Å². The molecule has 0 unspecified atom stereocenters. The number of sulfone groups is 1. The van der Waals surface area contributed by atoms with Crippen molar-refractivity contribution < 1.29 is 17.2 Å². The summed E-state index contributed by atoms with van der Waals surface area (Å²) in [5.74, 6) is 0.338. The Hall–Kier alpha value is -3.85. The minimum Gasteiger partial charge on any atom is -0.438 e. The van der Waals surface area contributed by atoms with Crippen LogP contribution in [0, 0.1) is 5.82 Å². The number of rotatable bonds is 5. The molecular formula is C26H21FN4O3S. The van der Waals surface area contributed by atoms with Crippen LogP contribution in [0.15, 0.2) is 77.6 Å². The van der Waals surface area contributed by atoms with Crippen LogP contribution in [0.4, 0.5) is 4.39 Å². The monoisotopic (exact) mass is 488 g/mol. The van der Waals surface area contributed by atoms with Crippen LogP contribution >= 0.6 is 0 Å². The van der Waals surface area contributed by atoms with Gasteiger partial charge in [0.2, 0.25) is 5.71 Å². The van der Waals surface area contributed by atoms with Crippen LogP contribution in [0.5, 0.6) is 0 Å². The van der Waals surface area contributed by atoms with Gasteiger partial charge in [0.05, 0.1) is 22.4 Å². The zero-order valence-electron chi connectivity index (χ0n) is 18.8. The van der Waals surface area contributed by atoms with Crippen molar-refractivity contribution in [2.24, 2.45) is 0 Å². The fourth-order valence-electron chi connectivity index (χ4n) is 4.49. The van der Waals surface area contributed by atoms with E-state index in [1.165, 1.54) is 24.7 Å². The lowest BCUT2D eigenvalue weighted by molar-refractivity contribution is 0.291. The van der Waals surface area contributed by atoms with E-state index in [1.54, 1.807) is 12.1 Å². The van der Waals surface area contributed by atoms with E-state index in [0.29, 0.717) is 35.7 Å². The molecule has 0 amide bonds. The maximum Gasteiger partial charge on any atom is 0.230 e. The van der Waals surface area contributed by atoms with Crippen molar-refractivity contribution in [1.82, 2.24) is 19.7 Å². The van der Waals surface area contributed by atoms with Gasteiger partial charge in [-0.05, 0) is 43.2 Å². The highest BCUT2D eigenvalue weighted by Gasteiger charge is 2.38. The fourth-order valence-corrected chi connectivity index (χ4v) is 5.63. The van der Waals surface area contributed by atoms with Crippen LogP contribution in [0.25, 0.3) is 44.9 Å². The molecule has 1 saturated carbocycles. The number of benzene rings is 2. The number of hydrogen-bond donors (Lipinski definition) is 0. The van der Waals surface area contributed by atoms with Gasteiger partial charge >= 0.3 is 0 Å². The van der Waals surface area contributed by atoms with Gasteiger partial charge in [-0.2, -0.15) is 5.10 Å². The fraction of sp³-hybridized carbons (Fsp3) is 0.192. The normalized spacial score (nSPS) is 18.0. The van der Waals surface area contributed by atoms with Crippen LogP contribution in [-0.2, 0) is 9.84 Å². The highest BCUT2D eigenvalue weighted by Crippen LogP contribution is 2.41. The summed E-state index contributed by atoms with van der Waals surface area (Å²) in [6, 6.07) is 17.7. The zero-order valence-corrected chi connectivity index (χ0v) is 19.6. The first kappa shape index (κ1) is 21.7. The van der Waals surface area contributed by atoms with E-state index in [1.807, 2.05) is 47.3 Å². The van der Waals surface area contributed by atoms with Crippen molar-refractivity contribution >= 4 is 20.9 Å². The third-order valence-corrected chi connectivity index (χ3v) is 8.14. The van der Waals surface area contributed by atoms with E-state index >= 15 is 0 Å². The Kier molecular flexibility index (Phi) is 5.03. The maximum absolute atomic E-state index is 13.6. The van der Waals surface area contributed by atoms with Gasteiger partial charge in [-0.25, -0.2) is 22.8 Å². The SMILES string of the molecule is CS(=O)(=O)[C@H]1C[C@@H](n2cc(-c3ncnc4oc(-c5ccccc5)cc34)c(-c3ccc(F)cc3)n2)C1. The number of hydrogen-bond acceptors (Lipinski definition) is 6. The number of nitrogens with zero attached hydrogens (tertiary/aromatic N) is 4. The molecule has 1 fully saturated rings. The Morgan fingerprint density at radius 1 is 0.971 bits per heavy atom. The second-order valence-corrected chi connectivity index (χ2v) is 11.2. The molecule has 0 aliphatic heterocycles. The van der Waals surface area contributed by atoms with Gasteiger partial charge in [0.15, 0.2) is 0 Å². The topological polar surface area (TPSA) is 90.9 Å². The zero-order chi connectivity index (χ0) is 24.2. The first-order valence-corrected chi connectivity index (χ1v) is 13.2. The highest BCUT2D eigenvalue weighted by atomic mass is 32.2. The van der Waals surface area contributed by atoms with Crippen LogP contribution in [0.2, 0.25) is 0 Å². The van der Waals surface area contributed by atoms with Crippen molar-refractivity contribution in [1.29, 1.82) is 0 Å². The second kappa shape index (κ2) is 8.13. The summed E-state index contributed by atoms with van der Waals surface area (Å²) in [5.41, 5.74) is 4.13. The molecule has 0 bridgehead atoms. The van der Waals surface area contributed by atoms with Gasteiger partial charge in [-0.15, -0.1) is 0 Å². The average Bonchev–Trinajstić information content (AvgIpc) is 3.43. The quantitative estimate of drug-likeness (QED) is 0.333. The molecule has 7 nitrogen and oxygen atoms in total. The van der Waals surface area contributed by atoms with Crippen molar-refractivity contribution in [2.75, 3.05) is 6.26 Å². The molecule has 3 aromatic heterocycles. The summed E-state index contributed by atoms with van der Waals surface area (Å²) >= 11 is 0. The molecule has 176 valence electrons. The average molecular weight is 489 g/mol. The molecule has 0 atom stereocenters. The first-order chi connectivity index (χ1) is 16.9. The summed E-state index contributed by atoms with van der Waals surface area (Å²) in [5, 5.41) is 5.18. The summed E-state index contributed by atoms with van der Waals surface area (Å²) in [7, 11) is -3.09. The van der Waals surface area contributed by atoms with E-state index in [2.05, 4.69) is 9.97 Å². The number of halogens is 1. The summed E-state index contributed by atoms with van der Waals surface area (Å²) in [6.07, 6.45) is 5.62. The van der Waals surface area contributed by atoms with E-state index in [9.17, 15) is 12.8 Å². The minimum absolute atomic E-state index is 0.0377.